The Balaban J connectivity index is 1.52. The van der Waals surface area contributed by atoms with E-state index >= 15 is 0 Å². The Bertz CT molecular complexity index is 1380. The number of nitrogens with one attached hydrogen (secondary N) is 1. The van der Waals surface area contributed by atoms with Gasteiger partial charge in [0.2, 0.25) is 10.0 Å². The summed E-state index contributed by atoms with van der Waals surface area (Å²) in [6, 6.07) is 12.9. The van der Waals surface area contributed by atoms with E-state index in [1.165, 1.54) is 18.2 Å². The van der Waals surface area contributed by atoms with Gasteiger partial charge in [0.25, 0.3) is 0 Å². The Kier molecular flexibility index (Phi) is 6.90. The van der Waals surface area contributed by atoms with Gasteiger partial charge in [-0.05, 0) is 43.5 Å². The average Bonchev–Trinajstić information content (AvgIpc) is 3.17. The smallest absolute Gasteiger partial charge is 0.240 e. The SMILES string of the molecule is CCCCc1nc2c(N)nc3ccccc3c2n1CCCCNS(=O)(=O)c1cccc(F)c1. The maximum atomic E-state index is 13.4. The number of nitrogens with zero attached hydrogens (tertiary/aromatic N) is 3. The van der Waals surface area contributed by atoms with Gasteiger partial charge in [0.05, 0.1) is 15.9 Å². The van der Waals surface area contributed by atoms with Gasteiger partial charge in [-0.1, -0.05) is 37.6 Å². The van der Waals surface area contributed by atoms with Gasteiger partial charge >= 0.3 is 0 Å². The minimum Gasteiger partial charge on any atom is -0.382 e. The number of aromatic nitrogens is 3. The van der Waals surface area contributed by atoms with Crippen molar-refractivity contribution in [3.63, 3.8) is 0 Å². The molecule has 0 aliphatic rings. The molecule has 4 aromatic rings. The first-order chi connectivity index (χ1) is 15.9. The normalized spacial score (nSPS) is 12.1. The van der Waals surface area contributed by atoms with Crippen LogP contribution in [0.1, 0.15) is 38.4 Å². The summed E-state index contributed by atoms with van der Waals surface area (Å²) < 4.78 is 42.9. The minimum absolute atomic E-state index is 0.0700. The summed E-state index contributed by atoms with van der Waals surface area (Å²) in [5.74, 6) is 0.811. The number of imidazole rings is 1. The highest BCUT2D eigenvalue weighted by atomic mass is 32.2. The number of halogens is 1. The van der Waals surface area contributed by atoms with Crippen LogP contribution in [0.4, 0.5) is 10.2 Å². The number of anilines is 1. The molecule has 33 heavy (non-hydrogen) atoms. The van der Waals surface area contributed by atoms with Crippen LogP contribution in [0.3, 0.4) is 0 Å². The maximum absolute atomic E-state index is 13.4. The molecule has 0 unspecified atom stereocenters. The summed E-state index contributed by atoms with van der Waals surface area (Å²) in [6.45, 7) is 3.09. The third kappa shape index (κ3) is 4.99. The van der Waals surface area contributed by atoms with Crippen molar-refractivity contribution in [3.05, 3.63) is 60.2 Å². The molecule has 0 saturated heterocycles. The Morgan fingerprint density at radius 3 is 2.67 bits per heavy atom. The number of fused-ring (bicyclic) bond motifs is 3. The van der Waals surface area contributed by atoms with Crippen LogP contribution < -0.4 is 10.5 Å². The molecule has 0 radical (unpaired) electrons. The van der Waals surface area contributed by atoms with E-state index in [-0.39, 0.29) is 11.4 Å². The molecule has 0 aliphatic carbocycles. The largest absolute Gasteiger partial charge is 0.382 e. The van der Waals surface area contributed by atoms with E-state index in [1.54, 1.807) is 0 Å². The van der Waals surface area contributed by atoms with E-state index in [2.05, 4.69) is 21.2 Å². The van der Waals surface area contributed by atoms with Crippen LogP contribution in [0.15, 0.2) is 53.4 Å². The topological polar surface area (TPSA) is 103 Å². The standard InChI is InChI=1S/C24H28FN5O2S/c1-2-3-13-21-29-22-23(19-11-4-5-12-20(19)28-24(22)26)30(21)15-7-6-14-27-33(31,32)18-10-8-9-17(25)16-18/h4-5,8-12,16,27H,2-3,6-7,13-15H2,1H3,(H2,26,28). The van der Waals surface area contributed by atoms with E-state index < -0.39 is 15.8 Å². The van der Waals surface area contributed by atoms with Gasteiger partial charge in [0.1, 0.15) is 17.2 Å². The number of pyridine rings is 1. The first-order valence-electron chi connectivity index (χ1n) is 11.2. The number of aryl methyl sites for hydroxylation is 2. The summed E-state index contributed by atoms with van der Waals surface area (Å²) in [5, 5.41) is 1.00. The fraction of sp³-hybridized carbons (Fsp3) is 0.333. The van der Waals surface area contributed by atoms with Gasteiger partial charge in [-0.3, -0.25) is 0 Å². The van der Waals surface area contributed by atoms with Gasteiger partial charge < -0.3 is 10.3 Å². The molecule has 0 amide bonds. The molecule has 4 rings (SSSR count). The van der Waals surface area contributed by atoms with Crippen molar-refractivity contribution in [1.29, 1.82) is 0 Å². The Labute approximate surface area is 192 Å². The predicted molar refractivity (Wildman–Crippen MR) is 129 cm³/mol. The Hall–Kier alpha value is -3.04. The van der Waals surface area contributed by atoms with Crippen LogP contribution in [0.5, 0.6) is 0 Å². The molecule has 0 saturated carbocycles. The lowest BCUT2D eigenvalue weighted by Crippen LogP contribution is -2.25. The Morgan fingerprint density at radius 2 is 1.88 bits per heavy atom. The molecular weight excluding hydrogens is 441 g/mol. The second-order valence-corrected chi connectivity index (χ2v) is 9.82. The van der Waals surface area contributed by atoms with Crippen LogP contribution in [0, 0.1) is 5.82 Å². The van der Waals surface area contributed by atoms with Gasteiger partial charge in [-0.15, -0.1) is 0 Å². The third-order valence-corrected chi connectivity index (χ3v) is 7.11. The summed E-state index contributed by atoms with van der Waals surface area (Å²) in [5.41, 5.74) is 8.75. The van der Waals surface area contributed by atoms with Crippen LogP contribution >= 0.6 is 0 Å². The molecule has 0 atom stereocenters. The number of hydrogen-bond acceptors (Lipinski definition) is 5. The number of sulfonamides is 1. The summed E-state index contributed by atoms with van der Waals surface area (Å²) in [4.78, 5) is 9.25. The molecule has 2 aromatic carbocycles. The second kappa shape index (κ2) is 9.84. The lowest BCUT2D eigenvalue weighted by molar-refractivity contribution is 0.560. The van der Waals surface area contributed by atoms with E-state index in [1.807, 2.05) is 24.3 Å². The van der Waals surface area contributed by atoms with Crippen molar-refractivity contribution < 1.29 is 12.8 Å². The molecule has 9 heteroatoms. The summed E-state index contributed by atoms with van der Waals surface area (Å²) in [7, 11) is -3.74. The summed E-state index contributed by atoms with van der Waals surface area (Å²) >= 11 is 0. The molecule has 2 aromatic heterocycles. The van der Waals surface area contributed by atoms with E-state index in [9.17, 15) is 12.8 Å². The first-order valence-corrected chi connectivity index (χ1v) is 12.7. The van der Waals surface area contributed by atoms with Crippen molar-refractivity contribution in [2.24, 2.45) is 0 Å². The zero-order valence-corrected chi connectivity index (χ0v) is 19.4. The molecule has 0 aliphatic heterocycles. The molecule has 0 bridgehead atoms. The van der Waals surface area contributed by atoms with E-state index in [0.717, 1.165) is 54.0 Å². The average molecular weight is 470 g/mol. The van der Waals surface area contributed by atoms with Gasteiger partial charge in [0, 0.05) is 24.9 Å². The zero-order valence-electron chi connectivity index (χ0n) is 18.6. The highest BCUT2D eigenvalue weighted by Gasteiger charge is 2.17. The van der Waals surface area contributed by atoms with Crippen molar-refractivity contribution in [2.45, 2.75) is 50.5 Å². The maximum Gasteiger partial charge on any atom is 0.240 e. The fourth-order valence-corrected chi connectivity index (χ4v) is 5.10. The molecule has 0 spiro atoms. The predicted octanol–water partition coefficient (Wildman–Crippen LogP) is 4.41. The summed E-state index contributed by atoms with van der Waals surface area (Å²) in [6.07, 6.45) is 4.28. The number of unbranched alkanes of at least 4 members (excludes halogenated alkanes) is 2. The molecule has 174 valence electrons. The third-order valence-electron chi connectivity index (χ3n) is 5.65. The molecule has 7 nitrogen and oxygen atoms in total. The van der Waals surface area contributed by atoms with Crippen molar-refractivity contribution >= 4 is 37.8 Å². The first kappa shape index (κ1) is 23.1. The quantitative estimate of drug-likeness (QED) is 0.335. The van der Waals surface area contributed by atoms with Crippen molar-refractivity contribution in [3.8, 4) is 0 Å². The molecular formula is C24H28FN5O2S. The van der Waals surface area contributed by atoms with Crippen molar-refractivity contribution in [2.75, 3.05) is 12.3 Å². The minimum atomic E-state index is -3.74. The zero-order chi connectivity index (χ0) is 23.4. The van der Waals surface area contributed by atoms with Crippen molar-refractivity contribution in [1.82, 2.24) is 19.3 Å². The van der Waals surface area contributed by atoms with Gasteiger partial charge in [0.15, 0.2) is 5.82 Å². The lowest BCUT2D eigenvalue weighted by Gasteiger charge is -2.11. The van der Waals surface area contributed by atoms with Crippen LogP contribution in [0.25, 0.3) is 21.9 Å². The number of para-hydroxylation sites is 1. The number of hydrogen-bond donors (Lipinski definition) is 2. The highest BCUT2D eigenvalue weighted by Crippen LogP contribution is 2.29. The molecule has 3 N–H and O–H groups in total. The number of nitrogen functional groups attached to an aromatic ring is 1. The molecule has 0 fully saturated rings. The highest BCUT2D eigenvalue weighted by molar-refractivity contribution is 7.89. The number of rotatable bonds is 10. The van der Waals surface area contributed by atoms with E-state index in [4.69, 9.17) is 10.7 Å². The number of benzene rings is 2. The van der Waals surface area contributed by atoms with Crippen LogP contribution in [0.2, 0.25) is 0 Å². The Morgan fingerprint density at radius 1 is 1.06 bits per heavy atom. The number of nitrogens with two attached hydrogens (primary N) is 1. The fourth-order valence-electron chi connectivity index (χ4n) is 3.99. The second-order valence-electron chi connectivity index (χ2n) is 8.06. The van der Waals surface area contributed by atoms with Crippen LogP contribution in [-0.4, -0.2) is 29.5 Å². The monoisotopic (exact) mass is 469 g/mol. The lowest BCUT2D eigenvalue weighted by atomic mass is 10.2. The van der Waals surface area contributed by atoms with Crippen LogP contribution in [-0.2, 0) is 23.0 Å². The van der Waals surface area contributed by atoms with Gasteiger partial charge in [-0.2, -0.15) is 0 Å². The van der Waals surface area contributed by atoms with Gasteiger partial charge in [-0.25, -0.2) is 27.5 Å². The molecule has 2 heterocycles. The van der Waals surface area contributed by atoms with E-state index in [0.29, 0.717) is 24.3 Å².